The molecule has 0 aliphatic rings. The van der Waals surface area contributed by atoms with Crippen molar-refractivity contribution in [2.45, 2.75) is 25.9 Å². The smallest absolute Gasteiger partial charge is 0.0954 e. The van der Waals surface area contributed by atoms with E-state index >= 15 is 0 Å². The van der Waals surface area contributed by atoms with Gasteiger partial charge in [0, 0.05) is 28.8 Å². The molecule has 0 aliphatic heterocycles. The van der Waals surface area contributed by atoms with Gasteiger partial charge in [-0.2, -0.15) is 0 Å². The Kier molecular flexibility index (Phi) is 3.97. The van der Waals surface area contributed by atoms with Gasteiger partial charge in [-0.15, -0.1) is 22.7 Å². The summed E-state index contributed by atoms with van der Waals surface area (Å²) in [5, 5.41) is 12.9. The van der Waals surface area contributed by atoms with Crippen molar-refractivity contribution in [3.05, 3.63) is 37.4 Å². The Labute approximate surface area is 108 Å². The number of aliphatic hydroxyl groups excluding tert-OH is 1. The average Bonchev–Trinajstić information content (AvgIpc) is 2.76. The van der Waals surface area contributed by atoms with Crippen molar-refractivity contribution in [1.82, 2.24) is 4.98 Å². The van der Waals surface area contributed by atoms with Crippen molar-refractivity contribution in [1.29, 1.82) is 0 Å². The molecule has 0 saturated heterocycles. The molecule has 0 spiro atoms. The van der Waals surface area contributed by atoms with Gasteiger partial charge >= 0.3 is 0 Å². The first-order valence-electron chi connectivity index (χ1n) is 4.97. The molecule has 0 radical (unpaired) electrons. The normalized spacial score (nSPS) is 12.9. The van der Waals surface area contributed by atoms with E-state index in [2.05, 4.69) is 4.98 Å². The van der Waals surface area contributed by atoms with Crippen molar-refractivity contribution in [2.24, 2.45) is 0 Å². The third-order valence-electron chi connectivity index (χ3n) is 2.14. The second kappa shape index (κ2) is 5.27. The predicted octanol–water partition coefficient (Wildman–Crippen LogP) is 3.31. The van der Waals surface area contributed by atoms with Crippen molar-refractivity contribution in [3.63, 3.8) is 0 Å². The number of hydrogen-bond acceptors (Lipinski definition) is 4. The number of rotatable bonds is 4. The Morgan fingerprint density at radius 2 is 2.25 bits per heavy atom. The van der Waals surface area contributed by atoms with Crippen LogP contribution in [-0.2, 0) is 12.8 Å². The van der Waals surface area contributed by atoms with Gasteiger partial charge in [-0.05, 0) is 19.1 Å². The Bertz CT molecular complexity index is 424. The lowest BCUT2D eigenvalue weighted by Crippen LogP contribution is -2.12. The second-order valence-corrected chi connectivity index (χ2v) is 6.39. The van der Waals surface area contributed by atoms with Crippen LogP contribution in [0.3, 0.4) is 0 Å². The lowest BCUT2D eigenvalue weighted by atomic mass is 10.2. The van der Waals surface area contributed by atoms with Gasteiger partial charge in [0.25, 0.3) is 0 Å². The zero-order valence-electron chi connectivity index (χ0n) is 8.81. The molecule has 0 bridgehead atoms. The fourth-order valence-electron chi connectivity index (χ4n) is 1.46. The van der Waals surface area contributed by atoms with Crippen LogP contribution in [0.2, 0.25) is 4.34 Å². The molecule has 2 aromatic rings. The lowest BCUT2D eigenvalue weighted by Gasteiger charge is -2.06. The molecule has 0 aromatic carbocycles. The first-order valence-corrected chi connectivity index (χ1v) is 7.04. The molecule has 0 fully saturated rings. The zero-order chi connectivity index (χ0) is 11.5. The average molecular weight is 274 g/mol. The highest BCUT2D eigenvalue weighted by Gasteiger charge is 2.10. The molecular formula is C11H12ClNOS2. The van der Waals surface area contributed by atoms with Crippen LogP contribution in [0.5, 0.6) is 0 Å². The lowest BCUT2D eigenvalue weighted by molar-refractivity contribution is 0.176. The van der Waals surface area contributed by atoms with Gasteiger partial charge in [-0.3, -0.25) is 0 Å². The number of thiazole rings is 1. The standard InChI is InChI=1S/C11H12ClNOS2/c1-7-6-15-11(13-7)5-8(14)4-9-2-3-10(12)16-9/h2-3,6,8,14H,4-5H2,1H3. The van der Waals surface area contributed by atoms with Crippen molar-refractivity contribution in [2.75, 3.05) is 0 Å². The molecule has 2 heterocycles. The third kappa shape index (κ3) is 3.28. The van der Waals surface area contributed by atoms with E-state index in [-0.39, 0.29) is 6.10 Å². The fraction of sp³-hybridized carbons (Fsp3) is 0.364. The summed E-state index contributed by atoms with van der Waals surface area (Å²) in [5.74, 6) is 0. The number of aliphatic hydroxyl groups is 1. The van der Waals surface area contributed by atoms with E-state index in [1.807, 2.05) is 24.4 Å². The second-order valence-electron chi connectivity index (χ2n) is 3.65. The summed E-state index contributed by atoms with van der Waals surface area (Å²) in [6, 6.07) is 3.82. The maximum Gasteiger partial charge on any atom is 0.0954 e. The minimum Gasteiger partial charge on any atom is -0.392 e. The van der Waals surface area contributed by atoms with E-state index in [4.69, 9.17) is 11.6 Å². The van der Waals surface area contributed by atoms with Gasteiger partial charge in [0.1, 0.15) is 0 Å². The van der Waals surface area contributed by atoms with Crippen LogP contribution >= 0.6 is 34.3 Å². The molecule has 1 atom stereocenters. The maximum atomic E-state index is 9.90. The van der Waals surface area contributed by atoms with Crippen LogP contribution in [0.15, 0.2) is 17.5 Å². The van der Waals surface area contributed by atoms with Crippen molar-refractivity contribution >= 4 is 34.3 Å². The van der Waals surface area contributed by atoms with Gasteiger partial charge in [0.2, 0.25) is 0 Å². The Morgan fingerprint density at radius 1 is 1.44 bits per heavy atom. The highest BCUT2D eigenvalue weighted by Crippen LogP contribution is 2.23. The van der Waals surface area contributed by atoms with Crippen LogP contribution in [0.1, 0.15) is 15.6 Å². The zero-order valence-corrected chi connectivity index (χ0v) is 11.2. The van der Waals surface area contributed by atoms with Crippen molar-refractivity contribution in [3.8, 4) is 0 Å². The Balaban J connectivity index is 1.91. The van der Waals surface area contributed by atoms with Crippen LogP contribution in [0.25, 0.3) is 0 Å². The van der Waals surface area contributed by atoms with Crippen LogP contribution in [0.4, 0.5) is 0 Å². The topological polar surface area (TPSA) is 33.1 Å². The molecule has 1 N–H and O–H groups in total. The third-order valence-corrected chi connectivity index (χ3v) is 4.38. The molecule has 0 aliphatic carbocycles. The molecule has 5 heteroatoms. The summed E-state index contributed by atoms with van der Waals surface area (Å²) >= 11 is 8.95. The fourth-order valence-corrected chi connectivity index (χ4v) is 3.47. The summed E-state index contributed by atoms with van der Waals surface area (Å²) in [5.41, 5.74) is 1.02. The Morgan fingerprint density at radius 3 is 2.81 bits per heavy atom. The van der Waals surface area contributed by atoms with Gasteiger partial charge < -0.3 is 5.11 Å². The van der Waals surface area contributed by atoms with Crippen LogP contribution in [-0.4, -0.2) is 16.2 Å². The molecule has 2 nitrogen and oxygen atoms in total. The van der Waals surface area contributed by atoms with Gasteiger partial charge in [-0.1, -0.05) is 11.6 Å². The molecule has 16 heavy (non-hydrogen) atoms. The van der Waals surface area contributed by atoms with Crippen molar-refractivity contribution < 1.29 is 5.11 Å². The molecule has 2 rings (SSSR count). The number of aromatic nitrogens is 1. The van der Waals surface area contributed by atoms with Gasteiger partial charge in [0.15, 0.2) is 0 Å². The minimum atomic E-state index is -0.375. The van der Waals surface area contributed by atoms with E-state index in [1.54, 1.807) is 11.3 Å². The summed E-state index contributed by atoms with van der Waals surface area (Å²) in [4.78, 5) is 5.45. The molecule has 86 valence electrons. The molecule has 0 saturated carbocycles. The number of hydrogen-bond donors (Lipinski definition) is 1. The highest BCUT2D eigenvalue weighted by atomic mass is 35.5. The quantitative estimate of drug-likeness (QED) is 0.927. The summed E-state index contributed by atoms with van der Waals surface area (Å²) in [6.45, 7) is 1.96. The number of aryl methyl sites for hydroxylation is 1. The van der Waals surface area contributed by atoms with Crippen LogP contribution in [0, 0.1) is 6.92 Å². The maximum absolute atomic E-state index is 9.90. The minimum absolute atomic E-state index is 0.375. The Hall–Kier alpha value is -0.420. The molecule has 0 amide bonds. The molecule has 2 aromatic heterocycles. The first kappa shape index (κ1) is 12.0. The summed E-state index contributed by atoms with van der Waals surface area (Å²) in [7, 11) is 0. The number of thiophene rings is 1. The molecular weight excluding hydrogens is 262 g/mol. The summed E-state index contributed by atoms with van der Waals surface area (Å²) in [6.07, 6.45) is 0.893. The van der Waals surface area contributed by atoms with Gasteiger partial charge in [-0.25, -0.2) is 4.98 Å². The van der Waals surface area contributed by atoms with E-state index in [0.29, 0.717) is 12.8 Å². The summed E-state index contributed by atoms with van der Waals surface area (Å²) < 4.78 is 0.771. The number of halogens is 1. The molecule has 1 unspecified atom stereocenters. The van der Waals surface area contributed by atoms with E-state index in [1.165, 1.54) is 11.3 Å². The predicted molar refractivity (Wildman–Crippen MR) is 69.6 cm³/mol. The first-order chi connectivity index (χ1) is 7.63. The number of nitrogens with zero attached hydrogens (tertiary/aromatic N) is 1. The van der Waals surface area contributed by atoms with E-state index < -0.39 is 0 Å². The van der Waals surface area contributed by atoms with Crippen LogP contribution < -0.4 is 0 Å². The monoisotopic (exact) mass is 273 g/mol. The van der Waals surface area contributed by atoms with Gasteiger partial charge in [0.05, 0.1) is 15.4 Å². The largest absolute Gasteiger partial charge is 0.392 e. The highest BCUT2D eigenvalue weighted by molar-refractivity contribution is 7.16. The van der Waals surface area contributed by atoms with E-state index in [9.17, 15) is 5.11 Å². The van der Waals surface area contributed by atoms with E-state index in [0.717, 1.165) is 19.9 Å². The SMILES string of the molecule is Cc1csc(CC(O)Cc2ccc(Cl)s2)n1.